The van der Waals surface area contributed by atoms with Crippen LogP contribution in [0.2, 0.25) is 0 Å². The van der Waals surface area contributed by atoms with Gasteiger partial charge in [-0.15, -0.1) is 0 Å². The summed E-state index contributed by atoms with van der Waals surface area (Å²) in [4.78, 5) is 29.4. The fourth-order valence-electron chi connectivity index (χ4n) is 2.96. The van der Waals surface area contributed by atoms with Crippen LogP contribution in [0, 0.1) is 6.92 Å². The third-order valence-corrected chi connectivity index (χ3v) is 4.57. The Morgan fingerprint density at radius 2 is 2.19 bits per heavy atom. The first-order valence-electron chi connectivity index (χ1n) is 8.47. The Bertz CT molecular complexity index is 929. The lowest BCUT2D eigenvalue weighted by Gasteiger charge is -2.28. The van der Waals surface area contributed by atoms with Gasteiger partial charge in [-0.05, 0) is 26.2 Å². The molecule has 3 N–H and O–H groups in total. The van der Waals surface area contributed by atoms with Crippen LogP contribution in [0.4, 0.5) is 5.82 Å². The fraction of sp³-hybridized carbons (Fsp3) is 0.353. The summed E-state index contributed by atoms with van der Waals surface area (Å²) in [6.07, 6.45) is 10.2. The summed E-state index contributed by atoms with van der Waals surface area (Å²) in [5, 5.41) is 2.82. The molecule has 1 saturated carbocycles. The molecule has 9 heteroatoms. The zero-order chi connectivity index (χ0) is 18.1. The SMILES string of the molecule is Cc1nc(C(=O)NCc2nccn2C2CCC2)c(N)nc1-c1ncco1. The van der Waals surface area contributed by atoms with Crippen molar-refractivity contribution in [2.75, 3.05) is 5.73 Å². The Kier molecular flexibility index (Phi) is 4.11. The van der Waals surface area contributed by atoms with Gasteiger partial charge in [0.05, 0.1) is 18.4 Å². The standard InChI is InChI=1S/C17H19N7O2/c1-10-13(17-20-6-8-26-17)23-15(18)14(22-10)16(25)21-9-12-19-5-7-24(12)11-3-2-4-11/h5-8,11H,2-4,9H2,1H3,(H2,18,23)(H,21,25). The molecule has 0 saturated heterocycles. The molecule has 0 spiro atoms. The molecule has 26 heavy (non-hydrogen) atoms. The number of aromatic nitrogens is 5. The summed E-state index contributed by atoms with van der Waals surface area (Å²) in [5.74, 6) is 0.780. The van der Waals surface area contributed by atoms with Crippen LogP contribution in [-0.4, -0.2) is 30.4 Å². The Morgan fingerprint density at radius 3 is 2.88 bits per heavy atom. The number of hydrogen-bond acceptors (Lipinski definition) is 7. The molecule has 9 nitrogen and oxygen atoms in total. The Balaban J connectivity index is 1.50. The zero-order valence-corrected chi connectivity index (χ0v) is 14.3. The minimum atomic E-state index is -0.389. The van der Waals surface area contributed by atoms with Crippen molar-refractivity contribution in [1.29, 1.82) is 0 Å². The second-order valence-electron chi connectivity index (χ2n) is 6.25. The predicted octanol–water partition coefficient (Wildman–Crippen LogP) is 1.87. The predicted molar refractivity (Wildman–Crippen MR) is 93.0 cm³/mol. The number of nitrogens with zero attached hydrogens (tertiary/aromatic N) is 5. The molecule has 0 aromatic carbocycles. The maximum Gasteiger partial charge on any atom is 0.274 e. The molecular weight excluding hydrogens is 334 g/mol. The van der Waals surface area contributed by atoms with Crippen molar-refractivity contribution in [2.24, 2.45) is 0 Å². The number of oxazole rings is 1. The largest absolute Gasteiger partial charge is 0.443 e. The first-order chi connectivity index (χ1) is 12.6. The Morgan fingerprint density at radius 1 is 1.35 bits per heavy atom. The van der Waals surface area contributed by atoms with Gasteiger partial charge in [-0.3, -0.25) is 4.79 Å². The van der Waals surface area contributed by atoms with E-state index in [4.69, 9.17) is 10.2 Å². The molecule has 0 aliphatic heterocycles. The summed E-state index contributed by atoms with van der Waals surface area (Å²) < 4.78 is 7.34. The number of amides is 1. The molecular formula is C17H19N7O2. The van der Waals surface area contributed by atoms with Gasteiger partial charge in [-0.1, -0.05) is 0 Å². The van der Waals surface area contributed by atoms with E-state index in [1.54, 1.807) is 13.1 Å². The minimum absolute atomic E-state index is 0.0311. The molecule has 4 rings (SSSR count). The van der Waals surface area contributed by atoms with Crippen molar-refractivity contribution >= 4 is 11.7 Å². The number of rotatable bonds is 5. The van der Waals surface area contributed by atoms with Crippen molar-refractivity contribution in [3.05, 3.63) is 42.1 Å². The van der Waals surface area contributed by atoms with Gasteiger partial charge in [0.15, 0.2) is 11.5 Å². The van der Waals surface area contributed by atoms with E-state index in [0.717, 1.165) is 18.7 Å². The highest BCUT2D eigenvalue weighted by Gasteiger charge is 2.22. The Hall–Kier alpha value is -3.23. The molecule has 134 valence electrons. The van der Waals surface area contributed by atoms with E-state index in [2.05, 4.69) is 29.8 Å². The normalized spacial score (nSPS) is 14.2. The number of nitrogens with two attached hydrogens (primary N) is 1. The van der Waals surface area contributed by atoms with Gasteiger partial charge >= 0.3 is 0 Å². The van der Waals surface area contributed by atoms with E-state index in [9.17, 15) is 4.79 Å². The van der Waals surface area contributed by atoms with Crippen molar-refractivity contribution in [2.45, 2.75) is 38.8 Å². The third kappa shape index (κ3) is 2.92. The fourth-order valence-corrected chi connectivity index (χ4v) is 2.96. The number of carbonyl (C=O) groups is 1. The monoisotopic (exact) mass is 353 g/mol. The number of nitrogens with one attached hydrogen (secondary N) is 1. The second-order valence-corrected chi connectivity index (χ2v) is 6.25. The highest BCUT2D eigenvalue weighted by molar-refractivity contribution is 5.96. The highest BCUT2D eigenvalue weighted by atomic mass is 16.3. The van der Waals surface area contributed by atoms with Crippen LogP contribution in [-0.2, 0) is 6.54 Å². The number of carbonyl (C=O) groups excluding carboxylic acids is 1. The number of hydrogen-bond donors (Lipinski definition) is 2. The van der Waals surface area contributed by atoms with Crippen LogP contribution in [0.3, 0.4) is 0 Å². The first-order valence-corrected chi connectivity index (χ1v) is 8.47. The van der Waals surface area contributed by atoms with Crippen LogP contribution in [0.1, 0.15) is 47.3 Å². The summed E-state index contributed by atoms with van der Waals surface area (Å²) >= 11 is 0. The maximum absolute atomic E-state index is 12.5. The minimum Gasteiger partial charge on any atom is -0.443 e. The molecule has 1 fully saturated rings. The molecule has 0 unspecified atom stereocenters. The van der Waals surface area contributed by atoms with Gasteiger partial charge in [0.2, 0.25) is 5.89 Å². The summed E-state index contributed by atoms with van der Waals surface area (Å²) in [6.45, 7) is 2.04. The van der Waals surface area contributed by atoms with Crippen LogP contribution in [0.5, 0.6) is 0 Å². The average molecular weight is 353 g/mol. The van der Waals surface area contributed by atoms with E-state index in [0.29, 0.717) is 29.9 Å². The van der Waals surface area contributed by atoms with E-state index in [1.165, 1.54) is 18.9 Å². The van der Waals surface area contributed by atoms with E-state index < -0.39 is 0 Å². The third-order valence-electron chi connectivity index (χ3n) is 4.57. The lowest BCUT2D eigenvalue weighted by atomic mass is 9.93. The highest BCUT2D eigenvalue weighted by Crippen LogP contribution is 2.32. The molecule has 0 atom stereocenters. The second kappa shape index (κ2) is 6.58. The molecule has 0 bridgehead atoms. The first kappa shape index (κ1) is 16.2. The molecule has 1 amide bonds. The van der Waals surface area contributed by atoms with Gasteiger partial charge in [0.25, 0.3) is 5.91 Å². The lowest BCUT2D eigenvalue weighted by Crippen LogP contribution is -2.28. The van der Waals surface area contributed by atoms with Gasteiger partial charge in [-0.2, -0.15) is 0 Å². The van der Waals surface area contributed by atoms with E-state index >= 15 is 0 Å². The van der Waals surface area contributed by atoms with Gasteiger partial charge in [0, 0.05) is 18.4 Å². The summed E-state index contributed by atoms with van der Waals surface area (Å²) in [7, 11) is 0. The summed E-state index contributed by atoms with van der Waals surface area (Å²) in [5.41, 5.74) is 6.95. The van der Waals surface area contributed by atoms with E-state index in [-0.39, 0.29) is 17.4 Å². The number of anilines is 1. The van der Waals surface area contributed by atoms with Crippen molar-refractivity contribution in [3.8, 4) is 11.6 Å². The van der Waals surface area contributed by atoms with Crippen molar-refractivity contribution < 1.29 is 9.21 Å². The number of aryl methyl sites for hydroxylation is 1. The lowest BCUT2D eigenvalue weighted by molar-refractivity contribution is 0.0944. The molecule has 1 aliphatic carbocycles. The van der Waals surface area contributed by atoms with Crippen LogP contribution < -0.4 is 11.1 Å². The average Bonchev–Trinajstić information content (AvgIpc) is 3.25. The van der Waals surface area contributed by atoms with Crippen molar-refractivity contribution in [1.82, 2.24) is 29.8 Å². The number of nitrogen functional groups attached to an aromatic ring is 1. The molecule has 3 aromatic rings. The molecule has 0 radical (unpaired) electrons. The zero-order valence-electron chi connectivity index (χ0n) is 14.3. The molecule has 3 heterocycles. The number of imidazole rings is 1. The van der Waals surface area contributed by atoms with Crippen molar-refractivity contribution in [3.63, 3.8) is 0 Å². The van der Waals surface area contributed by atoms with Crippen LogP contribution in [0.25, 0.3) is 11.6 Å². The van der Waals surface area contributed by atoms with Crippen LogP contribution in [0.15, 0.2) is 29.3 Å². The van der Waals surface area contributed by atoms with Gasteiger partial charge in [-0.25, -0.2) is 19.9 Å². The van der Waals surface area contributed by atoms with Crippen LogP contribution >= 0.6 is 0 Å². The smallest absolute Gasteiger partial charge is 0.274 e. The topological polar surface area (TPSA) is 125 Å². The van der Waals surface area contributed by atoms with Gasteiger partial charge in [0.1, 0.15) is 17.8 Å². The Labute approximate surface area is 149 Å². The molecule has 3 aromatic heterocycles. The van der Waals surface area contributed by atoms with Gasteiger partial charge < -0.3 is 20.0 Å². The molecule has 1 aliphatic rings. The maximum atomic E-state index is 12.5. The van der Waals surface area contributed by atoms with E-state index in [1.807, 2.05) is 6.20 Å². The quantitative estimate of drug-likeness (QED) is 0.717. The summed E-state index contributed by atoms with van der Waals surface area (Å²) in [6, 6.07) is 0.483.